The zero-order valence-electron chi connectivity index (χ0n) is 13.6. The summed E-state index contributed by atoms with van der Waals surface area (Å²) in [5, 5.41) is 3.07. The van der Waals surface area contributed by atoms with Crippen molar-refractivity contribution in [2.75, 3.05) is 25.0 Å². The van der Waals surface area contributed by atoms with Crippen molar-refractivity contribution >= 4 is 11.6 Å². The Morgan fingerprint density at radius 3 is 2.57 bits per heavy atom. The number of rotatable bonds is 9. The minimum Gasteiger partial charge on any atom is -0.330 e. The normalized spacial score (nSPS) is 12.4. The molecule has 0 aliphatic carbocycles. The fourth-order valence-electron chi connectivity index (χ4n) is 2.28. The summed E-state index contributed by atoms with van der Waals surface area (Å²) in [4.78, 5) is 14.6. The molecule has 1 amide bonds. The third-order valence-corrected chi connectivity index (χ3v) is 3.85. The first kappa shape index (κ1) is 17.7. The highest BCUT2D eigenvalue weighted by Crippen LogP contribution is 2.19. The van der Waals surface area contributed by atoms with E-state index in [-0.39, 0.29) is 11.8 Å². The summed E-state index contributed by atoms with van der Waals surface area (Å²) < 4.78 is 0. The van der Waals surface area contributed by atoms with Gasteiger partial charge in [0.15, 0.2) is 0 Å². The molecular formula is C17H29N3O. The van der Waals surface area contributed by atoms with Gasteiger partial charge in [0.2, 0.25) is 5.91 Å². The second kappa shape index (κ2) is 9.53. The van der Waals surface area contributed by atoms with Crippen LogP contribution in [0, 0.1) is 5.92 Å². The van der Waals surface area contributed by atoms with E-state index in [2.05, 4.69) is 30.1 Å². The summed E-state index contributed by atoms with van der Waals surface area (Å²) in [6.07, 6.45) is 1.72. The lowest BCUT2D eigenvalue weighted by molar-refractivity contribution is -0.119. The van der Waals surface area contributed by atoms with Crippen molar-refractivity contribution in [3.8, 4) is 0 Å². The number of anilines is 1. The maximum Gasteiger partial charge on any atom is 0.227 e. The molecule has 0 heterocycles. The quantitative estimate of drug-likeness (QED) is 0.735. The first-order valence-corrected chi connectivity index (χ1v) is 7.93. The number of nitrogens with one attached hydrogen (secondary N) is 1. The van der Waals surface area contributed by atoms with Crippen LogP contribution in [0.4, 0.5) is 5.69 Å². The number of amides is 1. The maximum atomic E-state index is 12.2. The second-order valence-corrected chi connectivity index (χ2v) is 5.44. The molecule has 1 aromatic carbocycles. The highest BCUT2D eigenvalue weighted by Gasteiger charge is 2.14. The summed E-state index contributed by atoms with van der Waals surface area (Å²) >= 11 is 0. The molecule has 118 valence electrons. The van der Waals surface area contributed by atoms with Gasteiger partial charge in [-0.25, -0.2) is 0 Å². The van der Waals surface area contributed by atoms with E-state index in [0.29, 0.717) is 6.54 Å². The van der Waals surface area contributed by atoms with Crippen LogP contribution in [0.2, 0.25) is 0 Å². The lowest BCUT2D eigenvalue weighted by atomic mass is 10.0. The maximum absolute atomic E-state index is 12.2. The van der Waals surface area contributed by atoms with Crippen molar-refractivity contribution in [1.82, 2.24) is 4.90 Å². The molecule has 0 radical (unpaired) electrons. The van der Waals surface area contributed by atoms with Gasteiger partial charge in [-0.15, -0.1) is 0 Å². The average Bonchev–Trinajstić information content (AvgIpc) is 2.51. The standard InChI is InChI=1S/C17H29N3O/c1-4-20(5-2)13-15-10-6-7-11-16(15)19-17(21)14(3)9-8-12-18/h6-7,10-11,14H,4-5,8-9,12-13,18H2,1-3H3,(H,19,21). The van der Waals surface area contributed by atoms with E-state index in [1.807, 2.05) is 25.1 Å². The fraction of sp³-hybridized carbons (Fsp3) is 0.588. The molecule has 21 heavy (non-hydrogen) atoms. The molecule has 0 saturated heterocycles. The van der Waals surface area contributed by atoms with Crippen LogP contribution in [0.15, 0.2) is 24.3 Å². The lowest BCUT2D eigenvalue weighted by Gasteiger charge is -2.21. The summed E-state index contributed by atoms with van der Waals surface area (Å²) in [7, 11) is 0. The molecule has 0 saturated carbocycles. The molecular weight excluding hydrogens is 262 g/mol. The number of benzene rings is 1. The molecule has 0 aliphatic rings. The van der Waals surface area contributed by atoms with Crippen molar-refractivity contribution in [3.05, 3.63) is 29.8 Å². The smallest absolute Gasteiger partial charge is 0.227 e. The highest BCUT2D eigenvalue weighted by molar-refractivity contribution is 5.93. The van der Waals surface area contributed by atoms with Crippen molar-refractivity contribution in [3.63, 3.8) is 0 Å². The summed E-state index contributed by atoms with van der Waals surface area (Å²) in [5.41, 5.74) is 7.59. The third kappa shape index (κ3) is 5.86. The number of para-hydroxylation sites is 1. The Labute approximate surface area is 128 Å². The number of nitrogens with two attached hydrogens (primary N) is 1. The predicted octanol–water partition coefficient (Wildman–Crippen LogP) is 2.84. The van der Waals surface area contributed by atoms with Crippen molar-refractivity contribution in [1.29, 1.82) is 0 Å². The topological polar surface area (TPSA) is 58.4 Å². The summed E-state index contributed by atoms with van der Waals surface area (Å²) in [6, 6.07) is 8.04. The Balaban J connectivity index is 2.72. The van der Waals surface area contributed by atoms with Gasteiger partial charge in [-0.05, 0) is 44.1 Å². The van der Waals surface area contributed by atoms with Gasteiger partial charge in [0, 0.05) is 18.2 Å². The second-order valence-electron chi connectivity index (χ2n) is 5.44. The van der Waals surface area contributed by atoms with E-state index in [1.54, 1.807) is 0 Å². The van der Waals surface area contributed by atoms with Crippen LogP contribution in [-0.2, 0) is 11.3 Å². The molecule has 0 aliphatic heterocycles. The molecule has 0 fully saturated rings. The van der Waals surface area contributed by atoms with Gasteiger partial charge in [0.25, 0.3) is 0 Å². The largest absolute Gasteiger partial charge is 0.330 e. The number of nitrogens with zero attached hydrogens (tertiary/aromatic N) is 1. The van der Waals surface area contributed by atoms with Crippen LogP contribution < -0.4 is 11.1 Å². The number of carbonyl (C=O) groups excluding carboxylic acids is 1. The van der Waals surface area contributed by atoms with Crippen LogP contribution in [-0.4, -0.2) is 30.4 Å². The highest BCUT2D eigenvalue weighted by atomic mass is 16.1. The molecule has 1 unspecified atom stereocenters. The summed E-state index contributed by atoms with van der Waals surface area (Å²) in [6.45, 7) is 9.77. The Kier molecular flexibility index (Phi) is 8.01. The van der Waals surface area contributed by atoms with Gasteiger partial charge in [-0.2, -0.15) is 0 Å². The van der Waals surface area contributed by atoms with Gasteiger partial charge < -0.3 is 11.1 Å². The van der Waals surface area contributed by atoms with Gasteiger partial charge >= 0.3 is 0 Å². The molecule has 4 heteroatoms. The van der Waals surface area contributed by atoms with Crippen molar-refractivity contribution < 1.29 is 4.79 Å². The van der Waals surface area contributed by atoms with E-state index >= 15 is 0 Å². The molecule has 0 aromatic heterocycles. The SMILES string of the molecule is CCN(CC)Cc1ccccc1NC(=O)C(C)CCCN. The zero-order chi connectivity index (χ0) is 15.7. The summed E-state index contributed by atoms with van der Waals surface area (Å²) in [5.74, 6) is 0.0745. The van der Waals surface area contributed by atoms with E-state index in [9.17, 15) is 4.79 Å². The Morgan fingerprint density at radius 2 is 1.95 bits per heavy atom. The molecule has 0 spiro atoms. The molecule has 1 aromatic rings. The molecule has 1 atom stereocenters. The van der Waals surface area contributed by atoms with Gasteiger partial charge in [0.05, 0.1) is 0 Å². The Bertz CT molecular complexity index is 430. The first-order valence-electron chi connectivity index (χ1n) is 7.93. The average molecular weight is 291 g/mol. The van der Waals surface area contributed by atoms with Gasteiger partial charge in [-0.1, -0.05) is 39.0 Å². The minimum absolute atomic E-state index is 0.00457. The monoisotopic (exact) mass is 291 g/mol. The number of hydrogen-bond donors (Lipinski definition) is 2. The van der Waals surface area contributed by atoms with Gasteiger partial charge in [-0.3, -0.25) is 9.69 Å². The lowest BCUT2D eigenvalue weighted by Crippen LogP contribution is -2.25. The van der Waals surface area contributed by atoms with Crippen LogP contribution in [0.5, 0.6) is 0 Å². The molecule has 4 nitrogen and oxygen atoms in total. The minimum atomic E-state index is -0.00457. The van der Waals surface area contributed by atoms with E-state index in [1.165, 1.54) is 5.56 Å². The molecule has 1 rings (SSSR count). The van der Waals surface area contributed by atoms with Crippen molar-refractivity contribution in [2.24, 2.45) is 11.7 Å². The fourth-order valence-corrected chi connectivity index (χ4v) is 2.28. The first-order chi connectivity index (χ1) is 10.1. The molecule has 3 N–H and O–H groups in total. The Hall–Kier alpha value is -1.39. The van der Waals surface area contributed by atoms with E-state index < -0.39 is 0 Å². The predicted molar refractivity (Wildman–Crippen MR) is 89.1 cm³/mol. The van der Waals surface area contributed by atoms with Crippen LogP contribution in [0.25, 0.3) is 0 Å². The number of hydrogen-bond acceptors (Lipinski definition) is 3. The molecule has 0 bridgehead atoms. The van der Waals surface area contributed by atoms with Gasteiger partial charge in [0.1, 0.15) is 0 Å². The zero-order valence-corrected chi connectivity index (χ0v) is 13.6. The van der Waals surface area contributed by atoms with Crippen LogP contribution >= 0.6 is 0 Å². The van der Waals surface area contributed by atoms with Crippen molar-refractivity contribution in [2.45, 2.75) is 40.2 Å². The van der Waals surface area contributed by atoms with E-state index in [4.69, 9.17) is 5.73 Å². The Morgan fingerprint density at radius 1 is 1.29 bits per heavy atom. The third-order valence-electron chi connectivity index (χ3n) is 3.85. The van der Waals surface area contributed by atoms with Crippen LogP contribution in [0.3, 0.4) is 0 Å². The number of carbonyl (C=O) groups is 1. The van der Waals surface area contributed by atoms with Crippen LogP contribution in [0.1, 0.15) is 39.2 Å². The van der Waals surface area contributed by atoms with E-state index in [0.717, 1.165) is 38.2 Å².